The van der Waals surface area contributed by atoms with Gasteiger partial charge in [0.2, 0.25) is 5.78 Å². The third-order valence-corrected chi connectivity index (χ3v) is 8.65. The maximum atomic E-state index is 13.7. The van der Waals surface area contributed by atoms with Crippen LogP contribution >= 0.6 is 0 Å². The molecule has 14 nitrogen and oxygen atoms in total. The van der Waals surface area contributed by atoms with E-state index in [-0.39, 0.29) is 34.4 Å². The number of aromatic hydroxyl groups is 2. The lowest BCUT2D eigenvalue weighted by Gasteiger charge is -2.42. The summed E-state index contributed by atoms with van der Waals surface area (Å²) < 4.78 is 50.9. The first-order valence-corrected chi connectivity index (χ1v) is 14.4. The van der Waals surface area contributed by atoms with Crippen molar-refractivity contribution in [3.8, 4) is 17.2 Å². The first-order valence-electron chi connectivity index (χ1n) is 12.9. The van der Waals surface area contributed by atoms with Gasteiger partial charge in [0.15, 0.2) is 17.9 Å². The van der Waals surface area contributed by atoms with Gasteiger partial charge in [0.25, 0.3) is 0 Å². The zero-order chi connectivity index (χ0) is 30.9. The van der Waals surface area contributed by atoms with Crippen LogP contribution < -0.4 is 9.46 Å². The molecule has 1 fully saturated rings. The Labute approximate surface area is 239 Å². The minimum atomic E-state index is -4.74. The molecule has 6 atom stereocenters. The molecule has 42 heavy (non-hydrogen) atoms. The number of hydrogen-bond acceptors (Lipinski definition) is 12. The lowest BCUT2D eigenvalue weighted by atomic mass is 9.72. The van der Waals surface area contributed by atoms with Crippen LogP contribution in [-0.2, 0) is 31.0 Å². The van der Waals surface area contributed by atoms with Crippen LogP contribution in [0.1, 0.15) is 75.8 Å². The molecule has 1 aliphatic heterocycles. The van der Waals surface area contributed by atoms with Crippen molar-refractivity contribution < 1.29 is 62.0 Å². The van der Waals surface area contributed by atoms with E-state index < -0.39 is 99.4 Å². The topological polar surface area (TPSA) is 226 Å². The Hall–Kier alpha value is -3.44. The van der Waals surface area contributed by atoms with Gasteiger partial charge >= 0.3 is 10.3 Å². The van der Waals surface area contributed by atoms with Crippen LogP contribution in [0.25, 0.3) is 0 Å². The summed E-state index contributed by atoms with van der Waals surface area (Å²) >= 11 is 0. The van der Waals surface area contributed by atoms with Gasteiger partial charge in [0.05, 0.1) is 48.2 Å². The van der Waals surface area contributed by atoms with E-state index >= 15 is 0 Å². The molecule has 226 valence electrons. The van der Waals surface area contributed by atoms with Crippen molar-refractivity contribution in [2.75, 3.05) is 7.11 Å². The molecule has 2 aromatic rings. The summed E-state index contributed by atoms with van der Waals surface area (Å²) in [5.41, 5.74) is -3.75. The smallest absolute Gasteiger partial charge is 0.333 e. The second-order valence-electron chi connectivity index (χ2n) is 10.7. The second kappa shape index (κ2) is 10.4. The normalized spacial score (nSPS) is 29.0. The van der Waals surface area contributed by atoms with Crippen molar-refractivity contribution in [3.05, 3.63) is 51.6 Å². The molecule has 0 radical (unpaired) electrons. The third-order valence-electron chi connectivity index (χ3n) is 8.05. The molecule has 2 aliphatic carbocycles. The van der Waals surface area contributed by atoms with Crippen molar-refractivity contribution >= 4 is 27.7 Å². The molecule has 0 spiro atoms. The molecule has 0 unspecified atom stereocenters. The van der Waals surface area contributed by atoms with Gasteiger partial charge in [-0.3, -0.25) is 18.9 Å². The summed E-state index contributed by atoms with van der Waals surface area (Å²) in [5.74, 6) is -3.71. The number of nitrogens with one attached hydrogen (secondary N) is 1. The van der Waals surface area contributed by atoms with E-state index in [4.69, 9.17) is 14.2 Å². The Kier molecular flexibility index (Phi) is 7.42. The summed E-state index contributed by atoms with van der Waals surface area (Å²) in [4.78, 5) is 39.8. The van der Waals surface area contributed by atoms with Gasteiger partial charge in [-0.05, 0) is 19.9 Å². The van der Waals surface area contributed by atoms with E-state index in [2.05, 4.69) is 0 Å². The minimum absolute atomic E-state index is 0.0624. The number of phenolic OH excluding ortho intramolecular Hbond substituents is 2. The van der Waals surface area contributed by atoms with E-state index in [1.54, 1.807) is 0 Å². The quantitative estimate of drug-likeness (QED) is 0.166. The molecule has 1 saturated heterocycles. The number of ether oxygens (including phenoxy) is 3. The molecule has 0 aromatic heterocycles. The van der Waals surface area contributed by atoms with Crippen LogP contribution in [-0.4, -0.2) is 88.0 Å². The number of hydrogen-bond donors (Lipinski definition) is 6. The predicted octanol–water partition coefficient (Wildman–Crippen LogP) is 0.463. The predicted molar refractivity (Wildman–Crippen MR) is 141 cm³/mol. The highest BCUT2D eigenvalue weighted by molar-refractivity contribution is 7.83. The molecule has 1 heterocycles. The summed E-state index contributed by atoms with van der Waals surface area (Å²) in [5, 5.41) is 44.5. The SMILES string of the molecule is COc1cccc2c1C(=O)c1c(O)c3c(c(O)c1C2=O)C[C@@](O)(C(C)=O)C[C@@H]3O[C@H]1C[C@@H](NS(=O)(=O)O)[C@H](O)[C@H](C)O1. The molecule has 3 aliphatic rings. The Morgan fingerprint density at radius 2 is 1.79 bits per heavy atom. The molecular weight excluding hydrogens is 578 g/mol. The number of methoxy groups -OCH3 is 1. The zero-order valence-corrected chi connectivity index (χ0v) is 23.5. The summed E-state index contributed by atoms with van der Waals surface area (Å²) in [6.45, 7) is 2.52. The zero-order valence-electron chi connectivity index (χ0n) is 22.7. The fourth-order valence-corrected chi connectivity index (χ4v) is 6.55. The number of fused-ring (bicyclic) bond motifs is 3. The lowest BCUT2D eigenvalue weighted by molar-refractivity contribution is -0.248. The van der Waals surface area contributed by atoms with Gasteiger partial charge in [0.1, 0.15) is 22.8 Å². The fraction of sp³-hybridized carbons (Fsp3) is 0.444. The van der Waals surface area contributed by atoms with Crippen LogP contribution in [0.2, 0.25) is 0 Å². The summed E-state index contributed by atoms with van der Waals surface area (Å²) in [6, 6.07) is 3.03. The Morgan fingerprint density at radius 1 is 1.12 bits per heavy atom. The largest absolute Gasteiger partial charge is 0.507 e. The Balaban J connectivity index is 1.64. The molecule has 5 rings (SSSR count). The maximum Gasteiger partial charge on any atom is 0.333 e. The molecule has 15 heteroatoms. The van der Waals surface area contributed by atoms with Crippen LogP contribution in [0.4, 0.5) is 0 Å². The van der Waals surface area contributed by atoms with Gasteiger partial charge < -0.3 is 34.6 Å². The van der Waals surface area contributed by atoms with Crippen molar-refractivity contribution in [1.29, 1.82) is 0 Å². The number of aliphatic hydroxyl groups is 2. The number of phenols is 2. The first kappa shape index (κ1) is 30.0. The van der Waals surface area contributed by atoms with Crippen LogP contribution in [0.3, 0.4) is 0 Å². The number of Topliss-reactive ketones (excluding diaryl/α,β-unsaturated/α-hetero) is 1. The van der Waals surface area contributed by atoms with E-state index in [0.717, 1.165) is 6.92 Å². The van der Waals surface area contributed by atoms with E-state index in [0.29, 0.717) is 0 Å². The number of aliphatic hydroxyl groups excluding tert-OH is 1. The standard InChI is InChI=1S/C27H29NO13S/c1-10-22(30)14(28-42(36,37)38)7-17(40-10)41-16-9-27(35,11(2)29)8-13-19(16)26(34)21-20(24(13)32)23(31)12-5-4-6-15(39-3)18(12)25(21)33/h4-6,10,14,16-17,22,28,30,32,34-35H,7-9H2,1-3H3,(H,36,37,38)/t10-,14+,16-,17-,22+,27-/m0/s1. The fourth-order valence-electron chi connectivity index (χ4n) is 5.93. The average molecular weight is 608 g/mol. The van der Waals surface area contributed by atoms with E-state index in [1.807, 2.05) is 4.72 Å². The number of ketones is 3. The monoisotopic (exact) mass is 607 g/mol. The van der Waals surface area contributed by atoms with Crippen molar-refractivity contribution in [2.45, 2.75) is 69.4 Å². The Morgan fingerprint density at radius 3 is 2.40 bits per heavy atom. The lowest BCUT2D eigenvalue weighted by Crippen LogP contribution is -2.55. The van der Waals surface area contributed by atoms with Gasteiger partial charge in [-0.1, -0.05) is 12.1 Å². The summed E-state index contributed by atoms with van der Waals surface area (Å²) in [7, 11) is -3.44. The third kappa shape index (κ3) is 4.86. The van der Waals surface area contributed by atoms with Crippen LogP contribution in [0.15, 0.2) is 18.2 Å². The van der Waals surface area contributed by atoms with Gasteiger partial charge in [-0.25, -0.2) is 0 Å². The Bertz CT molecular complexity index is 1620. The summed E-state index contributed by atoms with van der Waals surface area (Å²) in [6.07, 6.45) is -6.52. The molecular formula is C27H29NO13S. The molecule has 2 aromatic carbocycles. The number of benzene rings is 2. The van der Waals surface area contributed by atoms with Crippen LogP contribution in [0.5, 0.6) is 17.2 Å². The van der Waals surface area contributed by atoms with Gasteiger partial charge in [-0.15, -0.1) is 0 Å². The highest BCUT2D eigenvalue weighted by Crippen LogP contribution is 2.52. The number of carbonyl (C=O) groups is 3. The van der Waals surface area contributed by atoms with Crippen molar-refractivity contribution in [3.63, 3.8) is 0 Å². The highest BCUT2D eigenvalue weighted by atomic mass is 32.2. The minimum Gasteiger partial charge on any atom is -0.507 e. The van der Waals surface area contributed by atoms with Crippen LogP contribution in [0, 0.1) is 0 Å². The number of carbonyl (C=O) groups excluding carboxylic acids is 3. The van der Waals surface area contributed by atoms with E-state index in [9.17, 15) is 47.8 Å². The van der Waals surface area contributed by atoms with Gasteiger partial charge in [-0.2, -0.15) is 13.1 Å². The van der Waals surface area contributed by atoms with Crippen molar-refractivity contribution in [2.24, 2.45) is 0 Å². The number of rotatable bonds is 6. The first-order chi connectivity index (χ1) is 19.6. The second-order valence-corrected chi connectivity index (χ2v) is 11.9. The molecule has 0 bridgehead atoms. The average Bonchev–Trinajstić information content (AvgIpc) is 2.90. The highest BCUT2D eigenvalue weighted by Gasteiger charge is 2.49. The molecule has 0 amide bonds. The molecule has 0 saturated carbocycles. The maximum absolute atomic E-state index is 13.7. The molecule has 6 N–H and O–H groups in total. The van der Waals surface area contributed by atoms with E-state index in [1.165, 1.54) is 32.2 Å². The van der Waals surface area contributed by atoms with Gasteiger partial charge in [0, 0.05) is 36.0 Å². The van der Waals surface area contributed by atoms with Crippen molar-refractivity contribution in [1.82, 2.24) is 4.72 Å².